The number of allylic oxidation sites excluding steroid dienone is 1. The monoisotopic (exact) mass is 239 g/mol. The van der Waals surface area contributed by atoms with Crippen molar-refractivity contribution < 1.29 is 4.79 Å². The van der Waals surface area contributed by atoms with E-state index >= 15 is 0 Å². The van der Waals surface area contributed by atoms with Crippen molar-refractivity contribution in [2.24, 2.45) is 5.92 Å². The molecule has 0 bridgehead atoms. The minimum atomic E-state index is 0.231. The maximum atomic E-state index is 10.2. The molecule has 1 rings (SSSR count). The van der Waals surface area contributed by atoms with Crippen LogP contribution in [-0.4, -0.2) is 16.3 Å². The van der Waals surface area contributed by atoms with Gasteiger partial charge in [-0.3, -0.25) is 0 Å². The summed E-state index contributed by atoms with van der Waals surface area (Å²) in [5, 5.41) is 3.25. The van der Waals surface area contributed by atoms with Crippen LogP contribution in [0.3, 0.4) is 0 Å². The Morgan fingerprint density at radius 3 is 2.75 bits per heavy atom. The normalized spacial score (nSPS) is 12.6. The molecule has 1 aromatic heterocycles. The first kappa shape index (κ1) is 12.6. The van der Waals surface area contributed by atoms with Crippen molar-refractivity contribution in [2.45, 2.75) is 19.8 Å². The lowest BCUT2D eigenvalue weighted by atomic mass is 10.1. The van der Waals surface area contributed by atoms with Crippen molar-refractivity contribution >= 4 is 23.6 Å². The van der Waals surface area contributed by atoms with Crippen LogP contribution in [0.15, 0.2) is 24.7 Å². The Morgan fingerprint density at radius 2 is 2.12 bits per heavy atom. The predicted molar refractivity (Wildman–Crippen MR) is 64.3 cm³/mol. The third-order valence-electron chi connectivity index (χ3n) is 2.03. The average Bonchev–Trinajstić information content (AvgIpc) is 2.27. The lowest BCUT2D eigenvalue weighted by Gasteiger charge is -2.02. The van der Waals surface area contributed by atoms with E-state index in [1.165, 1.54) is 0 Å². The summed E-state index contributed by atoms with van der Waals surface area (Å²) < 4.78 is 0. The SMILES string of the molecule is CC(CC=O)C/C=C/Nc1cnc(Cl)nc1. The molecule has 1 atom stereocenters. The number of aromatic nitrogens is 2. The molecular formula is C11H14ClN3O. The molecule has 0 saturated heterocycles. The van der Waals surface area contributed by atoms with E-state index in [4.69, 9.17) is 11.6 Å². The molecule has 1 aromatic rings. The Hall–Kier alpha value is -1.42. The third-order valence-corrected chi connectivity index (χ3v) is 2.22. The van der Waals surface area contributed by atoms with Crippen LogP contribution in [0.25, 0.3) is 0 Å². The number of nitrogens with one attached hydrogen (secondary N) is 1. The van der Waals surface area contributed by atoms with Crippen LogP contribution in [0.4, 0.5) is 5.69 Å². The van der Waals surface area contributed by atoms with E-state index in [9.17, 15) is 4.79 Å². The highest BCUT2D eigenvalue weighted by atomic mass is 35.5. The first-order valence-electron chi connectivity index (χ1n) is 5.05. The van der Waals surface area contributed by atoms with Crippen molar-refractivity contribution in [2.75, 3.05) is 5.32 Å². The van der Waals surface area contributed by atoms with Gasteiger partial charge in [-0.1, -0.05) is 13.0 Å². The standard InChI is InChI=1S/C11H14ClN3O/c1-9(4-6-16)3-2-5-13-10-7-14-11(12)15-8-10/h2,5-9,13H,3-4H2,1H3/b5-2+. The Kier molecular flexibility index (Phi) is 5.50. The minimum absolute atomic E-state index is 0.231. The van der Waals surface area contributed by atoms with Crippen LogP contribution < -0.4 is 5.32 Å². The number of halogens is 1. The average molecular weight is 240 g/mol. The van der Waals surface area contributed by atoms with Crippen LogP contribution in [0, 0.1) is 5.92 Å². The second kappa shape index (κ2) is 6.95. The second-order valence-electron chi connectivity index (χ2n) is 3.53. The second-order valence-corrected chi connectivity index (χ2v) is 3.87. The summed E-state index contributed by atoms with van der Waals surface area (Å²) in [6.45, 7) is 2.03. The Labute approximate surface area is 99.8 Å². The van der Waals surface area contributed by atoms with E-state index in [1.807, 2.05) is 19.2 Å². The van der Waals surface area contributed by atoms with E-state index in [0.717, 1.165) is 18.4 Å². The van der Waals surface area contributed by atoms with E-state index in [-0.39, 0.29) is 5.28 Å². The van der Waals surface area contributed by atoms with Gasteiger partial charge in [0.05, 0.1) is 18.1 Å². The van der Waals surface area contributed by atoms with Crippen LogP contribution in [0.5, 0.6) is 0 Å². The molecule has 16 heavy (non-hydrogen) atoms. The number of hydrogen-bond donors (Lipinski definition) is 1. The highest BCUT2D eigenvalue weighted by Gasteiger charge is 1.96. The van der Waals surface area contributed by atoms with Gasteiger partial charge in [-0.05, 0) is 30.1 Å². The van der Waals surface area contributed by atoms with Crippen LogP contribution in [0.1, 0.15) is 19.8 Å². The van der Waals surface area contributed by atoms with Gasteiger partial charge in [0.1, 0.15) is 6.29 Å². The molecule has 0 aliphatic rings. The third kappa shape index (κ3) is 4.89. The zero-order valence-corrected chi connectivity index (χ0v) is 9.81. The number of nitrogens with zero attached hydrogens (tertiary/aromatic N) is 2. The number of aldehydes is 1. The summed E-state index contributed by atoms with van der Waals surface area (Å²) in [5.41, 5.74) is 0.781. The fraction of sp³-hybridized carbons (Fsp3) is 0.364. The van der Waals surface area contributed by atoms with Gasteiger partial charge in [-0.25, -0.2) is 9.97 Å². The number of rotatable bonds is 6. The molecule has 0 spiro atoms. The summed E-state index contributed by atoms with van der Waals surface area (Å²) in [6, 6.07) is 0. The van der Waals surface area contributed by atoms with Crippen molar-refractivity contribution in [3.8, 4) is 0 Å². The molecular weight excluding hydrogens is 226 g/mol. The van der Waals surface area contributed by atoms with Gasteiger partial charge < -0.3 is 10.1 Å². The fourth-order valence-corrected chi connectivity index (χ4v) is 1.20. The van der Waals surface area contributed by atoms with Crippen LogP contribution in [0.2, 0.25) is 5.28 Å². The maximum absolute atomic E-state index is 10.2. The zero-order valence-electron chi connectivity index (χ0n) is 9.06. The van der Waals surface area contributed by atoms with Gasteiger partial charge in [0, 0.05) is 6.42 Å². The Bertz CT molecular complexity index is 351. The molecule has 86 valence electrons. The van der Waals surface area contributed by atoms with Crippen LogP contribution >= 0.6 is 11.6 Å². The molecule has 0 fully saturated rings. The summed E-state index contributed by atoms with van der Waals surface area (Å²) >= 11 is 5.55. The number of carbonyl (C=O) groups is 1. The van der Waals surface area contributed by atoms with Gasteiger partial charge >= 0.3 is 0 Å². The molecule has 0 amide bonds. The first-order chi connectivity index (χ1) is 7.72. The predicted octanol–water partition coefficient (Wildman–Crippen LogP) is 2.67. The number of carbonyl (C=O) groups excluding carboxylic acids is 1. The molecule has 0 aliphatic carbocycles. The van der Waals surface area contributed by atoms with Crippen molar-refractivity contribution in [3.63, 3.8) is 0 Å². The minimum Gasteiger partial charge on any atom is -0.360 e. The summed E-state index contributed by atoms with van der Waals surface area (Å²) in [6.07, 6.45) is 9.40. The smallest absolute Gasteiger partial charge is 0.222 e. The first-order valence-corrected chi connectivity index (χ1v) is 5.43. The number of anilines is 1. The Morgan fingerprint density at radius 1 is 1.44 bits per heavy atom. The van der Waals surface area contributed by atoms with Crippen molar-refractivity contribution in [1.82, 2.24) is 9.97 Å². The van der Waals surface area contributed by atoms with Gasteiger partial charge in [0.2, 0.25) is 5.28 Å². The van der Waals surface area contributed by atoms with E-state index in [0.29, 0.717) is 12.3 Å². The summed E-state index contributed by atoms with van der Waals surface area (Å²) in [4.78, 5) is 17.9. The molecule has 1 heterocycles. The summed E-state index contributed by atoms with van der Waals surface area (Å²) in [7, 11) is 0. The molecule has 0 radical (unpaired) electrons. The molecule has 0 saturated carbocycles. The fourth-order valence-electron chi connectivity index (χ4n) is 1.10. The van der Waals surface area contributed by atoms with Gasteiger partial charge in [-0.15, -0.1) is 0 Å². The highest BCUT2D eigenvalue weighted by molar-refractivity contribution is 6.28. The van der Waals surface area contributed by atoms with E-state index in [1.54, 1.807) is 12.4 Å². The quantitative estimate of drug-likeness (QED) is 0.613. The van der Waals surface area contributed by atoms with Gasteiger partial charge in [0.25, 0.3) is 0 Å². The molecule has 4 nitrogen and oxygen atoms in total. The largest absolute Gasteiger partial charge is 0.360 e. The van der Waals surface area contributed by atoms with Gasteiger partial charge in [0.15, 0.2) is 0 Å². The van der Waals surface area contributed by atoms with E-state index < -0.39 is 0 Å². The molecule has 5 heteroatoms. The van der Waals surface area contributed by atoms with Crippen molar-refractivity contribution in [3.05, 3.63) is 30.0 Å². The highest BCUT2D eigenvalue weighted by Crippen LogP contribution is 2.08. The zero-order chi connectivity index (χ0) is 11.8. The van der Waals surface area contributed by atoms with Gasteiger partial charge in [-0.2, -0.15) is 0 Å². The van der Waals surface area contributed by atoms with E-state index in [2.05, 4.69) is 15.3 Å². The lowest BCUT2D eigenvalue weighted by molar-refractivity contribution is -0.108. The van der Waals surface area contributed by atoms with Crippen molar-refractivity contribution in [1.29, 1.82) is 0 Å². The maximum Gasteiger partial charge on any atom is 0.222 e. The molecule has 0 aliphatic heterocycles. The molecule has 1 N–H and O–H groups in total. The topological polar surface area (TPSA) is 54.9 Å². The number of hydrogen-bond acceptors (Lipinski definition) is 4. The van der Waals surface area contributed by atoms with Crippen LogP contribution in [-0.2, 0) is 4.79 Å². The lowest BCUT2D eigenvalue weighted by Crippen LogP contribution is -1.94. The summed E-state index contributed by atoms with van der Waals surface area (Å²) in [5.74, 6) is 0.372. The molecule has 0 aromatic carbocycles. The Balaban J connectivity index is 2.31. The molecule has 1 unspecified atom stereocenters.